The number of unbranched alkanes of at least 4 members (excludes halogenated alkanes) is 1. The van der Waals surface area contributed by atoms with Gasteiger partial charge in [-0.05, 0) is 40.0 Å². The summed E-state index contributed by atoms with van der Waals surface area (Å²) in [6.45, 7) is 4.14. The van der Waals surface area contributed by atoms with Gasteiger partial charge in [0.25, 0.3) is 0 Å². The molecule has 0 saturated heterocycles. The molecule has 21 heavy (non-hydrogen) atoms. The Morgan fingerprint density at radius 1 is 1.38 bits per heavy atom. The Morgan fingerprint density at radius 2 is 2.10 bits per heavy atom. The summed E-state index contributed by atoms with van der Waals surface area (Å²) >= 11 is 4.98. The number of nitrogens with zero attached hydrogens (tertiary/aromatic N) is 2. The molecule has 1 unspecified atom stereocenters. The minimum absolute atomic E-state index is 0.172. The maximum absolute atomic E-state index is 11.9. The topological polar surface area (TPSA) is 64.1 Å². The molecule has 0 aliphatic rings. The second kappa shape index (κ2) is 9.66. The van der Waals surface area contributed by atoms with Crippen LogP contribution in [0.5, 0.6) is 0 Å². The monoisotopic (exact) mass is 349 g/mol. The molecule has 0 spiro atoms. The third kappa shape index (κ3) is 6.14. The van der Waals surface area contributed by atoms with Crippen molar-refractivity contribution in [2.24, 2.45) is 0 Å². The summed E-state index contributed by atoms with van der Waals surface area (Å²) in [5.74, 6) is 0.819. The largest absolute Gasteiger partial charge is 0.465 e. The van der Waals surface area contributed by atoms with E-state index in [0.717, 1.165) is 33.7 Å². The van der Waals surface area contributed by atoms with Crippen LogP contribution in [0.2, 0.25) is 0 Å². The van der Waals surface area contributed by atoms with Crippen molar-refractivity contribution >= 4 is 40.8 Å². The normalized spacial score (nSPS) is 13.9. The van der Waals surface area contributed by atoms with Crippen LogP contribution in [0, 0.1) is 0 Å². The predicted molar refractivity (Wildman–Crippen MR) is 90.4 cm³/mol. The lowest BCUT2D eigenvalue weighted by atomic mass is 9.95. The fraction of sp³-hybridized carbons (Fsp3) is 0.769. The predicted octanol–water partition coefficient (Wildman–Crippen LogP) is 3.06. The van der Waals surface area contributed by atoms with Crippen LogP contribution in [0.15, 0.2) is 8.68 Å². The molecule has 5 nitrogen and oxygen atoms in total. The molecule has 1 N–H and O–H groups in total. The maximum Gasteiger partial charge on any atom is 0.326 e. The van der Waals surface area contributed by atoms with Gasteiger partial charge in [0.2, 0.25) is 0 Å². The number of hydrogen-bond donors (Lipinski definition) is 1. The first-order chi connectivity index (χ1) is 10.1. The summed E-state index contributed by atoms with van der Waals surface area (Å²) in [6, 6.07) is 0. The number of hydrogen-bond acceptors (Lipinski definition) is 8. The fourth-order valence-corrected chi connectivity index (χ4v) is 4.21. The van der Waals surface area contributed by atoms with Crippen molar-refractivity contribution in [2.75, 3.05) is 25.7 Å². The zero-order valence-electron chi connectivity index (χ0n) is 13.0. The van der Waals surface area contributed by atoms with Crippen LogP contribution in [-0.4, -0.2) is 47.4 Å². The van der Waals surface area contributed by atoms with Gasteiger partial charge in [-0.15, -0.1) is 10.2 Å². The number of likely N-dealkylation sites (N-methyl/N-ethyl adjacent to an activating group) is 1. The lowest BCUT2D eigenvalue weighted by molar-refractivity contribution is -0.150. The van der Waals surface area contributed by atoms with E-state index in [-0.39, 0.29) is 5.97 Å². The van der Waals surface area contributed by atoms with E-state index < -0.39 is 5.54 Å². The first-order valence-corrected chi connectivity index (χ1v) is 9.95. The van der Waals surface area contributed by atoms with E-state index in [1.54, 1.807) is 41.9 Å². The average Bonchev–Trinajstić information content (AvgIpc) is 2.94. The van der Waals surface area contributed by atoms with Crippen LogP contribution in [0.1, 0.15) is 33.1 Å². The number of nitrogens with one attached hydrogen (secondary N) is 1. The highest BCUT2D eigenvalue weighted by molar-refractivity contribution is 8.02. The first-order valence-electron chi connectivity index (χ1n) is 6.92. The van der Waals surface area contributed by atoms with E-state index in [1.807, 2.05) is 20.1 Å². The lowest BCUT2D eigenvalue weighted by Gasteiger charge is -2.26. The molecular formula is C13H23N3O2S3. The van der Waals surface area contributed by atoms with E-state index in [2.05, 4.69) is 15.5 Å². The van der Waals surface area contributed by atoms with Crippen LogP contribution >= 0.6 is 34.9 Å². The van der Waals surface area contributed by atoms with Gasteiger partial charge in [0.15, 0.2) is 8.68 Å². The van der Waals surface area contributed by atoms with Crippen molar-refractivity contribution in [3.8, 4) is 0 Å². The molecule has 0 aliphatic carbocycles. The Balaban J connectivity index is 2.27. The van der Waals surface area contributed by atoms with Gasteiger partial charge in [0, 0.05) is 5.75 Å². The van der Waals surface area contributed by atoms with Crippen molar-refractivity contribution in [3.63, 3.8) is 0 Å². The molecule has 1 aromatic heterocycles. The van der Waals surface area contributed by atoms with E-state index in [4.69, 9.17) is 4.74 Å². The molecule has 8 heteroatoms. The van der Waals surface area contributed by atoms with E-state index in [0.29, 0.717) is 6.61 Å². The highest BCUT2D eigenvalue weighted by Gasteiger charge is 2.32. The Hall–Kier alpha value is -0.310. The molecule has 0 fully saturated rings. The van der Waals surface area contributed by atoms with Gasteiger partial charge in [0.05, 0.1) is 6.61 Å². The number of esters is 1. The van der Waals surface area contributed by atoms with Crippen molar-refractivity contribution in [3.05, 3.63) is 0 Å². The Labute approximate surface area is 139 Å². The molecule has 0 saturated carbocycles. The zero-order chi connectivity index (χ0) is 15.7. The number of ether oxygens (including phenoxy) is 1. The van der Waals surface area contributed by atoms with Gasteiger partial charge in [-0.25, -0.2) is 0 Å². The summed E-state index contributed by atoms with van der Waals surface area (Å²) in [5, 5.41) is 11.3. The third-order valence-corrected chi connectivity index (χ3v) is 6.26. The van der Waals surface area contributed by atoms with E-state index in [1.165, 1.54) is 0 Å². The smallest absolute Gasteiger partial charge is 0.326 e. The summed E-state index contributed by atoms with van der Waals surface area (Å²) in [7, 11) is 1.80. The highest BCUT2D eigenvalue weighted by Crippen LogP contribution is 2.28. The number of aromatic nitrogens is 2. The highest BCUT2D eigenvalue weighted by atomic mass is 32.2. The van der Waals surface area contributed by atoms with Gasteiger partial charge in [-0.1, -0.05) is 41.3 Å². The lowest BCUT2D eigenvalue weighted by Crippen LogP contribution is -2.48. The van der Waals surface area contributed by atoms with Gasteiger partial charge < -0.3 is 10.1 Å². The molecule has 120 valence electrons. The van der Waals surface area contributed by atoms with Crippen molar-refractivity contribution in [1.29, 1.82) is 0 Å². The number of rotatable bonds is 10. The van der Waals surface area contributed by atoms with Crippen LogP contribution < -0.4 is 5.32 Å². The molecule has 1 atom stereocenters. The summed E-state index contributed by atoms with van der Waals surface area (Å²) < 4.78 is 7.13. The quantitative estimate of drug-likeness (QED) is 0.395. The Morgan fingerprint density at radius 3 is 2.67 bits per heavy atom. The molecule has 0 amide bonds. The van der Waals surface area contributed by atoms with Crippen molar-refractivity contribution in [2.45, 2.75) is 47.3 Å². The molecule has 0 aromatic carbocycles. The molecule has 0 aliphatic heterocycles. The van der Waals surface area contributed by atoms with E-state index in [9.17, 15) is 4.79 Å². The molecule has 0 bridgehead atoms. The SMILES string of the molecule is CCOC(=O)C(C)(CCCCSc1nnc(SC)s1)NC. The summed E-state index contributed by atoms with van der Waals surface area (Å²) in [6.07, 6.45) is 4.78. The van der Waals surface area contributed by atoms with Gasteiger partial charge in [-0.2, -0.15) is 0 Å². The van der Waals surface area contributed by atoms with Gasteiger partial charge in [0.1, 0.15) is 5.54 Å². The maximum atomic E-state index is 11.9. The van der Waals surface area contributed by atoms with Crippen LogP contribution in [0.4, 0.5) is 0 Å². The zero-order valence-corrected chi connectivity index (χ0v) is 15.4. The Kier molecular flexibility index (Phi) is 8.62. The minimum Gasteiger partial charge on any atom is -0.465 e. The number of carbonyl (C=O) groups excluding carboxylic acids is 1. The molecule has 1 rings (SSSR count). The van der Waals surface area contributed by atoms with E-state index >= 15 is 0 Å². The standard InChI is InChI=1S/C13H23N3O2S3/c1-5-18-10(17)13(2,14-3)8-6-7-9-20-12-16-15-11(19-4)21-12/h14H,5-9H2,1-4H3. The van der Waals surface area contributed by atoms with Gasteiger partial charge >= 0.3 is 5.97 Å². The van der Waals surface area contributed by atoms with Crippen LogP contribution in [0.25, 0.3) is 0 Å². The minimum atomic E-state index is -0.588. The molecule has 1 aromatic rings. The fourth-order valence-electron chi connectivity index (χ4n) is 1.70. The second-order valence-electron chi connectivity index (χ2n) is 4.65. The van der Waals surface area contributed by atoms with Crippen LogP contribution in [0.3, 0.4) is 0 Å². The molecule has 0 radical (unpaired) electrons. The average molecular weight is 350 g/mol. The number of thioether (sulfide) groups is 2. The van der Waals surface area contributed by atoms with Crippen molar-refractivity contribution in [1.82, 2.24) is 15.5 Å². The van der Waals surface area contributed by atoms with Crippen LogP contribution in [-0.2, 0) is 9.53 Å². The first kappa shape index (κ1) is 18.7. The number of carbonyl (C=O) groups is 1. The molecular weight excluding hydrogens is 326 g/mol. The van der Waals surface area contributed by atoms with Crippen molar-refractivity contribution < 1.29 is 9.53 Å². The third-order valence-electron chi connectivity index (χ3n) is 3.14. The summed E-state index contributed by atoms with van der Waals surface area (Å²) in [4.78, 5) is 11.9. The summed E-state index contributed by atoms with van der Waals surface area (Å²) in [5.41, 5.74) is -0.588. The molecule has 1 heterocycles. The second-order valence-corrected chi connectivity index (χ2v) is 8.02. The Bertz CT molecular complexity index is 442. The van der Waals surface area contributed by atoms with Gasteiger partial charge in [-0.3, -0.25) is 4.79 Å².